The highest BCUT2D eigenvalue weighted by Crippen LogP contribution is 2.29. The second kappa shape index (κ2) is 13.7. The van der Waals surface area contributed by atoms with Crippen LogP contribution in [0.4, 0.5) is 0 Å². The van der Waals surface area contributed by atoms with Crippen molar-refractivity contribution in [1.82, 2.24) is 15.5 Å². The first-order chi connectivity index (χ1) is 17.0. The van der Waals surface area contributed by atoms with Crippen molar-refractivity contribution in [2.24, 2.45) is 11.3 Å². The summed E-state index contributed by atoms with van der Waals surface area (Å²) in [5.41, 5.74) is 0.788. The Bertz CT molecular complexity index is 935. The molecule has 37 heavy (non-hydrogen) atoms. The molecule has 8 heteroatoms. The summed E-state index contributed by atoms with van der Waals surface area (Å²) in [5.74, 6) is -1.38. The summed E-state index contributed by atoms with van der Waals surface area (Å²) in [6.07, 6.45) is 1.93. The van der Waals surface area contributed by atoms with Gasteiger partial charge in [0.05, 0.1) is 18.7 Å². The van der Waals surface area contributed by atoms with Crippen molar-refractivity contribution >= 4 is 17.8 Å². The van der Waals surface area contributed by atoms with Gasteiger partial charge in [-0.1, -0.05) is 84.9 Å². The summed E-state index contributed by atoms with van der Waals surface area (Å²) in [5, 5.41) is 15.0. The van der Waals surface area contributed by atoms with Crippen molar-refractivity contribution in [1.29, 1.82) is 0 Å². The van der Waals surface area contributed by atoms with E-state index in [1.807, 2.05) is 91.8 Å². The van der Waals surface area contributed by atoms with Gasteiger partial charge >= 0.3 is 5.97 Å². The molecular weight excluding hydrogens is 470 g/mol. The normalized spacial score (nSPS) is 15.2. The largest absolute Gasteiger partial charge is 0.480 e. The lowest BCUT2D eigenvalue weighted by molar-refractivity contribution is -0.141. The van der Waals surface area contributed by atoms with Gasteiger partial charge in [0.2, 0.25) is 11.8 Å². The molecule has 1 aromatic rings. The number of rotatable bonds is 13. The van der Waals surface area contributed by atoms with E-state index >= 15 is 0 Å². The quantitative estimate of drug-likeness (QED) is 0.345. The van der Waals surface area contributed by atoms with Gasteiger partial charge in [0, 0.05) is 12.5 Å². The van der Waals surface area contributed by atoms with Gasteiger partial charge in [0.15, 0.2) is 0 Å². The topological polar surface area (TPSA) is 108 Å². The Morgan fingerprint density at radius 3 is 2.05 bits per heavy atom. The Hall–Kier alpha value is -2.71. The molecule has 0 spiro atoms. The number of hydrogen-bond donors (Lipinski definition) is 3. The third-order valence-electron chi connectivity index (χ3n) is 6.68. The highest BCUT2D eigenvalue weighted by molar-refractivity contribution is 5.91. The van der Waals surface area contributed by atoms with Gasteiger partial charge in [-0.15, -0.1) is 0 Å². The van der Waals surface area contributed by atoms with Crippen LogP contribution in [0.15, 0.2) is 42.0 Å². The van der Waals surface area contributed by atoms with Crippen LogP contribution in [0.1, 0.15) is 61.0 Å². The molecule has 0 aliphatic rings. The van der Waals surface area contributed by atoms with E-state index in [0.29, 0.717) is 0 Å². The Labute approximate surface area is 222 Å². The number of benzene rings is 1. The molecule has 2 amide bonds. The van der Waals surface area contributed by atoms with Crippen LogP contribution in [0.2, 0.25) is 0 Å². The minimum atomic E-state index is -1.03. The maximum absolute atomic E-state index is 13.8. The number of carbonyl (C=O) groups excluding carboxylic acids is 2. The number of carboxylic acid groups (broad SMARTS) is 1. The van der Waals surface area contributed by atoms with Gasteiger partial charge < -0.3 is 25.4 Å². The second-order valence-electron chi connectivity index (χ2n) is 11.7. The fourth-order valence-corrected chi connectivity index (χ4v) is 4.47. The zero-order valence-electron chi connectivity index (χ0n) is 24.2. The maximum atomic E-state index is 13.8. The SMILES string of the molecule is CNC(C(=O)NC(C(=O)N(C)C(/C=C(\C)COCC(=O)O)C(C)C)C(C)(C)C)C(C)(C)c1ccccc1. The first kappa shape index (κ1) is 32.3. The van der Waals surface area contributed by atoms with Gasteiger partial charge in [-0.3, -0.25) is 9.59 Å². The minimum Gasteiger partial charge on any atom is -0.480 e. The molecule has 3 unspecified atom stereocenters. The van der Waals surface area contributed by atoms with Crippen molar-refractivity contribution in [2.75, 3.05) is 27.3 Å². The number of nitrogens with zero attached hydrogens (tertiary/aromatic N) is 1. The van der Waals surface area contributed by atoms with Gasteiger partial charge in [0.25, 0.3) is 0 Å². The van der Waals surface area contributed by atoms with Crippen molar-refractivity contribution in [2.45, 2.75) is 78.9 Å². The number of ether oxygens (including phenoxy) is 1. The van der Waals surface area contributed by atoms with Crippen molar-refractivity contribution in [3.63, 3.8) is 0 Å². The number of carboxylic acids is 1. The monoisotopic (exact) mass is 517 g/mol. The molecule has 0 radical (unpaired) electrons. The molecule has 3 N–H and O–H groups in total. The van der Waals surface area contributed by atoms with Crippen molar-refractivity contribution in [3.05, 3.63) is 47.5 Å². The average molecular weight is 518 g/mol. The molecule has 0 aliphatic heterocycles. The predicted molar refractivity (Wildman–Crippen MR) is 147 cm³/mol. The molecule has 3 atom stereocenters. The fraction of sp³-hybridized carbons (Fsp3) is 0.621. The van der Waals surface area contributed by atoms with Crippen molar-refractivity contribution < 1.29 is 24.2 Å². The fourth-order valence-electron chi connectivity index (χ4n) is 4.47. The molecule has 0 aliphatic carbocycles. The molecule has 0 heterocycles. The third kappa shape index (κ3) is 9.27. The number of aliphatic carboxylic acids is 1. The molecule has 8 nitrogen and oxygen atoms in total. The van der Waals surface area contributed by atoms with Crippen molar-refractivity contribution in [3.8, 4) is 0 Å². The van der Waals surface area contributed by atoms with Gasteiger partial charge in [-0.25, -0.2) is 4.79 Å². The van der Waals surface area contributed by atoms with Gasteiger partial charge in [0.1, 0.15) is 12.6 Å². The standard InChI is InChI=1S/C29H47N3O5/c1-19(2)22(16-20(3)17-37-18-23(33)34)32(10)27(36)25(28(4,5)6)31-26(35)24(30-9)29(7,8)21-14-12-11-13-15-21/h11-16,19,22,24-25,30H,17-18H2,1-10H3,(H,31,35)(H,33,34)/b20-16+. The first-order valence-electron chi connectivity index (χ1n) is 12.8. The van der Waals surface area contributed by atoms with Crippen LogP contribution in [0, 0.1) is 11.3 Å². The number of hydrogen-bond acceptors (Lipinski definition) is 5. The molecule has 0 aromatic heterocycles. The summed E-state index contributed by atoms with van der Waals surface area (Å²) in [7, 11) is 3.49. The van der Waals surface area contributed by atoms with E-state index in [9.17, 15) is 14.4 Å². The number of carbonyl (C=O) groups is 3. The van der Waals surface area contributed by atoms with E-state index in [2.05, 4.69) is 10.6 Å². The summed E-state index contributed by atoms with van der Waals surface area (Å²) in [6.45, 7) is 15.5. The molecule has 1 aromatic carbocycles. The summed E-state index contributed by atoms with van der Waals surface area (Å²) >= 11 is 0. The number of nitrogens with one attached hydrogen (secondary N) is 2. The summed E-state index contributed by atoms with van der Waals surface area (Å²) in [6, 6.07) is 8.26. The van der Waals surface area contributed by atoms with Crippen LogP contribution in [0.3, 0.4) is 0 Å². The zero-order valence-corrected chi connectivity index (χ0v) is 24.2. The smallest absolute Gasteiger partial charge is 0.329 e. The van der Waals surface area contributed by atoms with Gasteiger partial charge in [-0.2, -0.15) is 0 Å². The second-order valence-corrected chi connectivity index (χ2v) is 11.7. The Morgan fingerprint density at radius 1 is 1.03 bits per heavy atom. The minimum absolute atomic E-state index is 0.0850. The lowest BCUT2D eigenvalue weighted by atomic mass is 9.76. The molecule has 0 bridgehead atoms. The lowest BCUT2D eigenvalue weighted by Gasteiger charge is -2.40. The third-order valence-corrected chi connectivity index (χ3v) is 6.68. The molecule has 208 valence electrons. The number of amides is 2. The van der Waals surface area contributed by atoms with Crippen LogP contribution < -0.4 is 10.6 Å². The Kier molecular flexibility index (Phi) is 12.0. The summed E-state index contributed by atoms with van der Waals surface area (Å²) in [4.78, 5) is 39.9. The van der Waals surface area contributed by atoms with Crippen LogP contribution in [-0.4, -0.2) is 73.2 Å². The molecule has 0 saturated heterocycles. The van der Waals surface area contributed by atoms with Crippen LogP contribution in [-0.2, 0) is 24.5 Å². The molecular formula is C29H47N3O5. The average Bonchev–Trinajstić information content (AvgIpc) is 2.79. The van der Waals surface area contributed by atoms with E-state index in [1.54, 1.807) is 19.0 Å². The Balaban J connectivity index is 3.20. The zero-order chi connectivity index (χ0) is 28.6. The van der Waals surface area contributed by atoms with Crippen LogP contribution in [0.5, 0.6) is 0 Å². The van der Waals surface area contributed by atoms with E-state index in [4.69, 9.17) is 9.84 Å². The van der Waals surface area contributed by atoms with E-state index in [0.717, 1.165) is 11.1 Å². The van der Waals surface area contributed by atoms with E-state index in [1.165, 1.54) is 0 Å². The molecule has 0 fully saturated rings. The molecule has 1 rings (SSSR count). The van der Waals surface area contributed by atoms with E-state index in [-0.39, 0.29) is 37.0 Å². The predicted octanol–water partition coefficient (Wildman–Crippen LogP) is 3.61. The maximum Gasteiger partial charge on any atom is 0.329 e. The van der Waals surface area contributed by atoms with Gasteiger partial charge in [-0.05, 0) is 36.4 Å². The highest BCUT2D eigenvalue weighted by atomic mass is 16.5. The lowest BCUT2D eigenvalue weighted by Crippen LogP contribution is -2.61. The number of likely N-dealkylation sites (N-methyl/N-ethyl adjacent to an activating group) is 2. The van der Waals surface area contributed by atoms with E-state index < -0.39 is 28.9 Å². The van der Waals surface area contributed by atoms with Crippen LogP contribution in [0.25, 0.3) is 0 Å². The van der Waals surface area contributed by atoms with Crippen LogP contribution >= 0.6 is 0 Å². The first-order valence-corrected chi connectivity index (χ1v) is 12.8. The highest BCUT2D eigenvalue weighted by Gasteiger charge is 2.41. The Morgan fingerprint density at radius 2 is 1.59 bits per heavy atom. The summed E-state index contributed by atoms with van der Waals surface area (Å²) < 4.78 is 5.20. The molecule has 0 saturated carbocycles.